The topological polar surface area (TPSA) is 99.8 Å². The van der Waals surface area contributed by atoms with Gasteiger partial charge in [-0.2, -0.15) is 0 Å². The summed E-state index contributed by atoms with van der Waals surface area (Å²) in [4.78, 5) is 38.7. The standard InChI is InChI=1S/C23H28N4O4/c1-23(2,3)31-22(30)27-15-7-10-19(27)20(28)24-17-11-13-18(14-12-17)26-21(29)25-16-8-5-4-6-9-16/h4-6,8-9,11-14,19H,7,10,15H2,1-3H3,(H,24,28)(H2,25,26,29). The fraction of sp³-hybridized carbons (Fsp3) is 0.348. The summed E-state index contributed by atoms with van der Waals surface area (Å²) in [6.45, 7) is 5.88. The molecule has 1 aliphatic rings. The minimum atomic E-state index is -0.615. The number of anilines is 3. The van der Waals surface area contributed by atoms with Gasteiger partial charge >= 0.3 is 12.1 Å². The molecule has 164 valence electrons. The van der Waals surface area contributed by atoms with Crippen molar-refractivity contribution < 1.29 is 19.1 Å². The van der Waals surface area contributed by atoms with Crippen LogP contribution < -0.4 is 16.0 Å². The summed E-state index contributed by atoms with van der Waals surface area (Å²) in [6, 6.07) is 15.0. The lowest BCUT2D eigenvalue weighted by Crippen LogP contribution is -2.45. The first-order chi connectivity index (χ1) is 14.7. The first kappa shape index (κ1) is 22.1. The lowest BCUT2D eigenvalue weighted by Gasteiger charge is -2.28. The molecule has 3 N–H and O–H groups in total. The smallest absolute Gasteiger partial charge is 0.410 e. The van der Waals surface area contributed by atoms with Crippen molar-refractivity contribution in [1.29, 1.82) is 0 Å². The summed E-state index contributed by atoms with van der Waals surface area (Å²) in [5.41, 5.74) is 1.24. The number of urea groups is 1. The molecule has 0 spiro atoms. The number of hydrogen-bond donors (Lipinski definition) is 3. The molecule has 0 radical (unpaired) electrons. The van der Waals surface area contributed by atoms with Crippen molar-refractivity contribution in [2.45, 2.75) is 45.3 Å². The van der Waals surface area contributed by atoms with Gasteiger partial charge in [-0.15, -0.1) is 0 Å². The Morgan fingerprint density at radius 2 is 1.42 bits per heavy atom. The zero-order valence-electron chi connectivity index (χ0n) is 18.0. The summed E-state index contributed by atoms with van der Waals surface area (Å²) in [6.07, 6.45) is 0.857. The van der Waals surface area contributed by atoms with E-state index in [9.17, 15) is 14.4 Å². The van der Waals surface area contributed by atoms with Crippen LogP contribution in [0.5, 0.6) is 0 Å². The van der Waals surface area contributed by atoms with E-state index in [2.05, 4.69) is 16.0 Å². The first-order valence-corrected chi connectivity index (χ1v) is 10.2. The Kier molecular flexibility index (Phi) is 6.79. The molecular weight excluding hydrogens is 396 g/mol. The Balaban J connectivity index is 1.54. The fourth-order valence-electron chi connectivity index (χ4n) is 3.26. The van der Waals surface area contributed by atoms with E-state index in [0.717, 1.165) is 6.42 Å². The molecule has 3 rings (SSSR count). The van der Waals surface area contributed by atoms with Gasteiger partial charge in [-0.1, -0.05) is 18.2 Å². The van der Waals surface area contributed by atoms with Crippen molar-refractivity contribution in [3.05, 3.63) is 54.6 Å². The quantitative estimate of drug-likeness (QED) is 0.664. The number of carbonyl (C=O) groups excluding carboxylic acids is 3. The van der Waals surface area contributed by atoms with Gasteiger partial charge in [0.1, 0.15) is 11.6 Å². The van der Waals surface area contributed by atoms with E-state index in [1.54, 1.807) is 57.2 Å². The van der Waals surface area contributed by atoms with Crippen LogP contribution in [0, 0.1) is 0 Å². The number of likely N-dealkylation sites (tertiary alicyclic amines) is 1. The number of para-hydroxylation sites is 1. The Bertz CT molecular complexity index is 923. The minimum absolute atomic E-state index is 0.258. The highest BCUT2D eigenvalue weighted by molar-refractivity contribution is 6.00. The van der Waals surface area contributed by atoms with E-state index in [1.807, 2.05) is 18.2 Å². The number of nitrogens with one attached hydrogen (secondary N) is 3. The summed E-state index contributed by atoms with van der Waals surface area (Å²) < 4.78 is 5.41. The third kappa shape index (κ3) is 6.47. The van der Waals surface area contributed by atoms with Crippen LogP contribution in [0.3, 0.4) is 0 Å². The van der Waals surface area contributed by atoms with Crippen molar-refractivity contribution in [1.82, 2.24) is 4.90 Å². The summed E-state index contributed by atoms with van der Waals surface area (Å²) >= 11 is 0. The molecule has 1 saturated heterocycles. The van der Waals surface area contributed by atoms with Crippen LogP contribution in [-0.4, -0.2) is 41.1 Å². The van der Waals surface area contributed by atoms with Gasteiger partial charge < -0.3 is 20.7 Å². The molecule has 1 heterocycles. The molecular formula is C23H28N4O4. The number of nitrogens with zero attached hydrogens (tertiary/aromatic N) is 1. The molecule has 8 heteroatoms. The van der Waals surface area contributed by atoms with Gasteiger partial charge in [0.05, 0.1) is 0 Å². The molecule has 1 aliphatic heterocycles. The van der Waals surface area contributed by atoms with E-state index >= 15 is 0 Å². The summed E-state index contributed by atoms with van der Waals surface area (Å²) in [5.74, 6) is -0.258. The predicted molar refractivity (Wildman–Crippen MR) is 120 cm³/mol. The number of carbonyl (C=O) groups is 3. The van der Waals surface area contributed by atoms with Gasteiger partial charge in [0, 0.05) is 23.6 Å². The van der Waals surface area contributed by atoms with E-state index in [1.165, 1.54) is 4.90 Å². The SMILES string of the molecule is CC(C)(C)OC(=O)N1CCCC1C(=O)Nc1ccc(NC(=O)Nc2ccccc2)cc1. The normalized spacial score (nSPS) is 15.8. The highest BCUT2D eigenvalue weighted by atomic mass is 16.6. The predicted octanol–water partition coefficient (Wildman–Crippen LogP) is 4.67. The monoisotopic (exact) mass is 424 g/mol. The van der Waals surface area contributed by atoms with Crippen molar-refractivity contribution in [2.75, 3.05) is 22.5 Å². The molecule has 0 bridgehead atoms. The van der Waals surface area contributed by atoms with Gasteiger partial charge in [0.2, 0.25) is 5.91 Å². The molecule has 0 aromatic heterocycles. The third-order valence-electron chi connectivity index (χ3n) is 4.63. The number of benzene rings is 2. The molecule has 4 amide bonds. The van der Waals surface area contributed by atoms with Gasteiger partial charge in [0.25, 0.3) is 0 Å². The fourth-order valence-corrected chi connectivity index (χ4v) is 3.26. The van der Waals surface area contributed by atoms with Crippen LogP contribution in [0.2, 0.25) is 0 Å². The van der Waals surface area contributed by atoms with Crippen LogP contribution in [0.15, 0.2) is 54.6 Å². The Labute approximate surface area is 182 Å². The number of rotatable bonds is 4. The molecule has 2 aromatic carbocycles. The molecule has 1 fully saturated rings. The molecule has 0 aliphatic carbocycles. The van der Waals surface area contributed by atoms with Crippen LogP contribution in [0.1, 0.15) is 33.6 Å². The Morgan fingerprint density at radius 3 is 2.00 bits per heavy atom. The van der Waals surface area contributed by atoms with E-state index in [-0.39, 0.29) is 11.9 Å². The highest BCUT2D eigenvalue weighted by Crippen LogP contribution is 2.23. The number of ether oxygens (including phenoxy) is 1. The van der Waals surface area contributed by atoms with Crippen LogP contribution >= 0.6 is 0 Å². The van der Waals surface area contributed by atoms with E-state index < -0.39 is 17.7 Å². The van der Waals surface area contributed by atoms with Gasteiger partial charge in [-0.25, -0.2) is 9.59 Å². The van der Waals surface area contributed by atoms with Crippen molar-refractivity contribution in [2.24, 2.45) is 0 Å². The van der Waals surface area contributed by atoms with Gasteiger partial charge in [-0.05, 0) is 70.0 Å². The Hall–Kier alpha value is -3.55. The second kappa shape index (κ2) is 9.51. The highest BCUT2D eigenvalue weighted by Gasteiger charge is 2.36. The number of hydrogen-bond acceptors (Lipinski definition) is 4. The third-order valence-corrected chi connectivity index (χ3v) is 4.63. The second-order valence-corrected chi connectivity index (χ2v) is 8.34. The van der Waals surface area contributed by atoms with Crippen molar-refractivity contribution >= 4 is 35.1 Å². The first-order valence-electron chi connectivity index (χ1n) is 10.2. The Morgan fingerprint density at radius 1 is 0.871 bits per heavy atom. The van der Waals surface area contributed by atoms with Gasteiger partial charge in [-0.3, -0.25) is 9.69 Å². The summed E-state index contributed by atoms with van der Waals surface area (Å²) in [5, 5.41) is 8.31. The zero-order chi connectivity index (χ0) is 22.4. The average molecular weight is 425 g/mol. The lowest BCUT2D eigenvalue weighted by molar-refractivity contribution is -0.120. The average Bonchev–Trinajstić information content (AvgIpc) is 3.19. The van der Waals surface area contributed by atoms with Gasteiger partial charge in [0.15, 0.2) is 0 Å². The maximum Gasteiger partial charge on any atom is 0.410 e. The zero-order valence-corrected chi connectivity index (χ0v) is 18.0. The van der Waals surface area contributed by atoms with Crippen molar-refractivity contribution in [3.8, 4) is 0 Å². The summed E-state index contributed by atoms with van der Waals surface area (Å²) in [7, 11) is 0. The molecule has 31 heavy (non-hydrogen) atoms. The van der Waals surface area contributed by atoms with Crippen LogP contribution in [0.25, 0.3) is 0 Å². The largest absolute Gasteiger partial charge is 0.444 e. The van der Waals surface area contributed by atoms with Crippen molar-refractivity contribution in [3.63, 3.8) is 0 Å². The maximum absolute atomic E-state index is 12.7. The lowest BCUT2D eigenvalue weighted by atomic mass is 10.2. The van der Waals surface area contributed by atoms with E-state index in [4.69, 9.17) is 4.74 Å². The molecule has 2 aromatic rings. The second-order valence-electron chi connectivity index (χ2n) is 8.34. The minimum Gasteiger partial charge on any atom is -0.444 e. The van der Waals surface area contributed by atoms with Crippen LogP contribution in [-0.2, 0) is 9.53 Å². The maximum atomic E-state index is 12.7. The molecule has 1 unspecified atom stereocenters. The molecule has 1 atom stereocenters. The van der Waals surface area contributed by atoms with Crippen LogP contribution in [0.4, 0.5) is 26.7 Å². The van der Waals surface area contributed by atoms with E-state index in [0.29, 0.717) is 30.0 Å². The molecule has 8 nitrogen and oxygen atoms in total. The molecule has 0 saturated carbocycles. The number of amides is 4.